The number of hydrogen-bond acceptors (Lipinski definition) is 3. The summed E-state index contributed by atoms with van der Waals surface area (Å²) in [5.41, 5.74) is 1.08. The van der Waals surface area contributed by atoms with Gasteiger partial charge in [-0.15, -0.1) is 0 Å². The molecule has 1 aromatic heterocycles. The molecule has 0 N–H and O–H groups in total. The number of benzene rings is 1. The molecule has 0 radical (unpaired) electrons. The van der Waals surface area contributed by atoms with Crippen LogP contribution in [0.15, 0.2) is 36.9 Å². The average Bonchev–Trinajstić information content (AvgIpc) is 3.02. The fourth-order valence-corrected chi connectivity index (χ4v) is 2.80. The van der Waals surface area contributed by atoms with Crippen molar-refractivity contribution < 1.29 is 4.74 Å². The van der Waals surface area contributed by atoms with Crippen molar-refractivity contribution in [2.24, 2.45) is 0 Å². The van der Waals surface area contributed by atoms with Gasteiger partial charge in [0.15, 0.2) is 0 Å². The predicted molar refractivity (Wildman–Crippen MR) is 83.8 cm³/mol. The van der Waals surface area contributed by atoms with E-state index in [9.17, 15) is 0 Å². The molecule has 3 rings (SSSR count). The lowest BCUT2D eigenvalue weighted by atomic mass is 10.1. The first-order valence-corrected chi connectivity index (χ1v) is 7.72. The fourth-order valence-electron chi connectivity index (χ4n) is 2.50. The zero-order chi connectivity index (χ0) is 14.7. The molecule has 2 heterocycles. The molecule has 0 saturated carbocycles. The summed E-state index contributed by atoms with van der Waals surface area (Å²) in [5, 5.41) is 1.15. The Bertz CT molecular complexity index is 589. The molecule has 2 aromatic rings. The van der Waals surface area contributed by atoms with Crippen molar-refractivity contribution in [3.63, 3.8) is 0 Å². The van der Waals surface area contributed by atoms with E-state index < -0.39 is 0 Å². The maximum atomic E-state index is 6.09. The van der Waals surface area contributed by atoms with Gasteiger partial charge in [-0.2, -0.15) is 0 Å². The number of hydrogen-bond donors (Lipinski definition) is 0. The number of ether oxygens (including phenoxy) is 1. The van der Waals surface area contributed by atoms with E-state index in [2.05, 4.69) is 14.5 Å². The molecule has 1 aromatic carbocycles. The van der Waals surface area contributed by atoms with Crippen LogP contribution in [0, 0.1) is 0 Å². The first kappa shape index (κ1) is 14.9. The molecule has 1 fully saturated rings. The topological polar surface area (TPSA) is 30.3 Å². The standard InChI is InChI=1S/C15H17Cl2N3O/c16-13-2-1-12(9-14(13)17)15-10-19(7-8-21-15)5-6-20-4-3-18-11-20/h1-4,9,11,15H,5-8,10H2/t15-/m1/s1. The minimum atomic E-state index is 0.0521. The van der Waals surface area contributed by atoms with Gasteiger partial charge in [0.2, 0.25) is 0 Å². The normalized spacial score (nSPS) is 19.8. The predicted octanol–water partition coefficient (Wildman–Crippen LogP) is 3.26. The summed E-state index contributed by atoms with van der Waals surface area (Å²) in [6.45, 7) is 4.47. The summed E-state index contributed by atoms with van der Waals surface area (Å²) < 4.78 is 7.95. The number of rotatable bonds is 4. The van der Waals surface area contributed by atoms with Gasteiger partial charge in [0.1, 0.15) is 0 Å². The van der Waals surface area contributed by atoms with Crippen LogP contribution in [0.4, 0.5) is 0 Å². The zero-order valence-electron chi connectivity index (χ0n) is 11.6. The Labute approximate surface area is 134 Å². The van der Waals surface area contributed by atoms with Gasteiger partial charge in [0, 0.05) is 38.6 Å². The van der Waals surface area contributed by atoms with Crippen molar-refractivity contribution >= 4 is 23.2 Å². The van der Waals surface area contributed by atoms with Crippen LogP contribution < -0.4 is 0 Å². The third kappa shape index (κ3) is 3.77. The van der Waals surface area contributed by atoms with E-state index in [1.54, 1.807) is 6.20 Å². The average molecular weight is 326 g/mol. The Hall–Kier alpha value is -1.07. The Morgan fingerprint density at radius 3 is 2.90 bits per heavy atom. The van der Waals surface area contributed by atoms with E-state index >= 15 is 0 Å². The van der Waals surface area contributed by atoms with Crippen molar-refractivity contribution in [3.05, 3.63) is 52.5 Å². The van der Waals surface area contributed by atoms with Gasteiger partial charge >= 0.3 is 0 Å². The summed E-state index contributed by atoms with van der Waals surface area (Å²) in [5.74, 6) is 0. The molecule has 0 amide bonds. The second-order valence-electron chi connectivity index (χ2n) is 5.13. The minimum absolute atomic E-state index is 0.0521. The number of aromatic nitrogens is 2. The molecule has 112 valence electrons. The van der Waals surface area contributed by atoms with Gasteiger partial charge in [-0.05, 0) is 17.7 Å². The molecular weight excluding hydrogens is 309 g/mol. The smallest absolute Gasteiger partial charge is 0.0952 e. The van der Waals surface area contributed by atoms with E-state index in [-0.39, 0.29) is 6.10 Å². The highest BCUT2D eigenvalue weighted by atomic mass is 35.5. The van der Waals surface area contributed by atoms with Crippen LogP contribution >= 0.6 is 23.2 Å². The Kier molecular flexibility index (Phi) is 4.80. The van der Waals surface area contributed by atoms with Gasteiger partial charge in [-0.25, -0.2) is 4.98 Å². The van der Waals surface area contributed by atoms with E-state index in [0.29, 0.717) is 10.0 Å². The van der Waals surface area contributed by atoms with Crippen molar-refractivity contribution in [1.29, 1.82) is 0 Å². The van der Waals surface area contributed by atoms with Gasteiger partial charge in [-0.1, -0.05) is 29.3 Å². The molecule has 1 aliphatic heterocycles. The summed E-state index contributed by atoms with van der Waals surface area (Å²) in [6, 6.07) is 5.71. The second-order valence-corrected chi connectivity index (χ2v) is 5.95. The number of nitrogens with zero attached hydrogens (tertiary/aromatic N) is 3. The molecular formula is C15H17Cl2N3O. The monoisotopic (exact) mass is 325 g/mol. The molecule has 0 bridgehead atoms. The summed E-state index contributed by atoms with van der Waals surface area (Å²) in [6.07, 6.45) is 5.68. The summed E-state index contributed by atoms with van der Waals surface area (Å²) in [4.78, 5) is 6.46. The second kappa shape index (κ2) is 6.79. The summed E-state index contributed by atoms with van der Waals surface area (Å²) in [7, 11) is 0. The van der Waals surface area contributed by atoms with E-state index in [4.69, 9.17) is 27.9 Å². The highest BCUT2D eigenvalue weighted by Crippen LogP contribution is 2.28. The van der Waals surface area contributed by atoms with Crippen molar-refractivity contribution in [2.75, 3.05) is 26.2 Å². The lowest BCUT2D eigenvalue weighted by Crippen LogP contribution is -2.39. The molecule has 4 nitrogen and oxygen atoms in total. The lowest BCUT2D eigenvalue weighted by molar-refractivity contribution is -0.0308. The zero-order valence-corrected chi connectivity index (χ0v) is 13.1. The quantitative estimate of drug-likeness (QED) is 0.864. The molecule has 0 unspecified atom stereocenters. The van der Waals surface area contributed by atoms with Gasteiger partial charge in [-0.3, -0.25) is 4.90 Å². The van der Waals surface area contributed by atoms with E-state index in [1.165, 1.54) is 0 Å². The Balaban J connectivity index is 1.61. The van der Waals surface area contributed by atoms with Gasteiger partial charge < -0.3 is 9.30 Å². The van der Waals surface area contributed by atoms with Gasteiger partial charge in [0.25, 0.3) is 0 Å². The third-order valence-corrected chi connectivity index (χ3v) is 4.44. The first-order chi connectivity index (χ1) is 10.2. The highest BCUT2D eigenvalue weighted by Gasteiger charge is 2.22. The first-order valence-electron chi connectivity index (χ1n) is 6.97. The molecule has 0 spiro atoms. The summed E-state index contributed by atoms with van der Waals surface area (Å²) >= 11 is 12.0. The van der Waals surface area contributed by atoms with Crippen LogP contribution in [-0.4, -0.2) is 40.7 Å². The maximum absolute atomic E-state index is 6.09. The number of morpholine rings is 1. The molecule has 6 heteroatoms. The molecule has 1 aliphatic rings. The van der Waals surface area contributed by atoms with Crippen LogP contribution in [-0.2, 0) is 11.3 Å². The maximum Gasteiger partial charge on any atom is 0.0952 e. The number of imidazole rings is 1. The van der Waals surface area contributed by atoms with E-state index in [0.717, 1.165) is 38.3 Å². The van der Waals surface area contributed by atoms with Crippen molar-refractivity contribution in [3.8, 4) is 0 Å². The highest BCUT2D eigenvalue weighted by molar-refractivity contribution is 6.42. The molecule has 21 heavy (non-hydrogen) atoms. The lowest BCUT2D eigenvalue weighted by Gasteiger charge is -2.33. The third-order valence-electron chi connectivity index (χ3n) is 3.70. The number of halogens is 2. The van der Waals surface area contributed by atoms with Crippen molar-refractivity contribution in [1.82, 2.24) is 14.5 Å². The van der Waals surface area contributed by atoms with Crippen LogP contribution in [0.5, 0.6) is 0 Å². The minimum Gasteiger partial charge on any atom is -0.371 e. The Morgan fingerprint density at radius 2 is 2.14 bits per heavy atom. The SMILES string of the molecule is Clc1ccc([C@H]2CN(CCn3ccnc3)CCO2)cc1Cl. The fraction of sp³-hybridized carbons (Fsp3) is 0.400. The van der Waals surface area contributed by atoms with Crippen LogP contribution in [0.1, 0.15) is 11.7 Å². The van der Waals surface area contributed by atoms with Crippen LogP contribution in [0.2, 0.25) is 10.0 Å². The van der Waals surface area contributed by atoms with Gasteiger partial charge in [0.05, 0.1) is 29.1 Å². The largest absolute Gasteiger partial charge is 0.371 e. The molecule has 1 atom stereocenters. The van der Waals surface area contributed by atoms with E-state index in [1.807, 2.05) is 30.7 Å². The van der Waals surface area contributed by atoms with Crippen molar-refractivity contribution in [2.45, 2.75) is 12.6 Å². The van der Waals surface area contributed by atoms with Crippen LogP contribution in [0.25, 0.3) is 0 Å². The molecule has 1 saturated heterocycles. The Morgan fingerprint density at radius 1 is 1.24 bits per heavy atom. The molecule has 0 aliphatic carbocycles. The van der Waals surface area contributed by atoms with Crippen LogP contribution in [0.3, 0.4) is 0 Å².